The van der Waals surface area contributed by atoms with Gasteiger partial charge >= 0.3 is 0 Å². The fourth-order valence-corrected chi connectivity index (χ4v) is 3.54. The van der Waals surface area contributed by atoms with Crippen LogP contribution in [0.15, 0.2) is 0 Å². The molecule has 1 heterocycles. The van der Waals surface area contributed by atoms with Crippen molar-refractivity contribution in [1.82, 2.24) is 10.6 Å². The first-order chi connectivity index (χ1) is 9.22. The Hall–Kier alpha value is -0.610. The second-order valence-electron chi connectivity index (χ2n) is 6.28. The van der Waals surface area contributed by atoms with Crippen LogP contribution in [0.4, 0.5) is 0 Å². The van der Waals surface area contributed by atoms with Crippen LogP contribution >= 0.6 is 0 Å². The second-order valence-corrected chi connectivity index (χ2v) is 6.28. The molecule has 0 spiro atoms. The Labute approximate surface area is 116 Å². The quantitative estimate of drug-likeness (QED) is 0.720. The molecule has 0 aromatic carbocycles. The van der Waals surface area contributed by atoms with E-state index in [2.05, 4.69) is 17.6 Å². The average molecular weight is 268 g/mol. The molecule has 19 heavy (non-hydrogen) atoms. The van der Waals surface area contributed by atoms with Gasteiger partial charge in [0.2, 0.25) is 5.91 Å². The first-order valence-electron chi connectivity index (χ1n) is 7.84. The zero-order valence-corrected chi connectivity index (χ0v) is 12.0. The van der Waals surface area contributed by atoms with Crippen LogP contribution < -0.4 is 10.6 Å². The van der Waals surface area contributed by atoms with E-state index in [1.165, 1.54) is 19.3 Å². The highest BCUT2D eigenvalue weighted by Gasteiger charge is 2.29. The van der Waals surface area contributed by atoms with E-state index in [0.717, 1.165) is 32.4 Å². The lowest BCUT2D eigenvalue weighted by atomic mass is 9.79. The molecule has 4 nitrogen and oxygen atoms in total. The number of hydrogen-bond donors (Lipinski definition) is 3. The molecule has 4 heteroatoms. The first kappa shape index (κ1) is 14.8. The average Bonchev–Trinajstić information content (AvgIpc) is 2.45. The summed E-state index contributed by atoms with van der Waals surface area (Å²) in [6, 6.07) is -0.0232. The van der Waals surface area contributed by atoms with Crippen molar-refractivity contribution in [2.45, 2.75) is 51.5 Å². The summed E-state index contributed by atoms with van der Waals surface area (Å²) in [5.41, 5.74) is 0. The van der Waals surface area contributed by atoms with Gasteiger partial charge in [-0.05, 0) is 50.0 Å². The second kappa shape index (κ2) is 7.25. The molecule has 1 amide bonds. The number of nitrogens with one attached hydrogen (secondary N) is 2. The van der Waals surface area contributed by atoms with E-state index in [1.807, 2.05) is 0 Å². The van der Waals surface area contributed by atoms with Crippen molar-refractivity contribution in [3.05, 3.63) is 0 Å². The van der Waals surface area contributed by atoms with Crippen LogP contribution in [0.2, 0.25) is 0 Å². The Kier molecular flexibility index (Phi) is 5.64. The van der Waals surface area contributed by atoms with Gasteiger partial charge in [-0.25, -0.2) is 0 Å². The number of amides is 1. The minimum absolute atomic E-state index is 0.0232. The predicted molar refractivity (Wildman–Crippen MR) is 75.7 cm³/mol. The monoisotopic (exact) mass is 268 g/mol. The fraction of sp³-hybridized carbons (Fsp3) is 0.933. The van der Waals surface area contributed by atoms with Crippen LogP contribution in [0.5, 0.6) is 0 Å². The first-order valence-corrected chi connectivity index (χ1v) is 7.84. The maximum absolute atomic E-state index is 12.2. The Morgan fingerprint density at radius 3 is 2.63 bits per heavy atom. The van der Waals surface area contributed by atoms with Crippen molar-refractivity contribution in [3.63, 3.8) is 0 Å². The Balaban J connectivity index is 1.78. The molecule has 0 bridgehead atoms. The standard InChI is InChI=1S/C15H28N2O2/c1-11-5-4-8-16-14(11)15(19)17-9-12-6-2-3-7-13(12)10-18/h11-14,16,18H,2-10H2,1H3,(H,17,19). The largest absolute Gasteiger partial charge is 0.396 e. The van der Waals surface area contributed by atoms with Crippen LogP contribution in [-0.2, 0) is 4.79 Å². The van der Waals surface area contributed by atoms with Crippen molar-refractivity contribution < 1.29 is 9.90 Å². The van der Waals surface area contributed by atoms with E-state index in [9.17, 15) is 9.90 Å². The molecule has 2 rings (SSSR count). The molecule has 0 aromatic heterocycles. The third kappa shape index (κ3) is 3.93. The molecule has 2 fully saturated rings. The molecule has 2 aliphatic rings. The lowest BCUT2D eigenvalue weighted by Gasteiger charge is -2.32. The minimum Gasteiger partial charge on any atom is -0.396 e. The molecule has 4 atom stereocenters. The predicted octanol–water partition coefficient (Wildman–Crippen LogP) is 1.29. The molecule has 110 valence electrons. The number of carbonyl (C=O) groups is 1. The van der Waals surface area contributed by atoms with Crippen LogP contribution in [0, 0.1) is 17.8 Å². The topological polar surface area (TPSA) is 61.4 Å². The van der Waals surface area contributed by atoms with E-state index in [1.54, 1.807) is 0 Å². The Bertz CT molecular complexity index is 296. The van der Waals surface area contributed by atoms with Gasteiger partial charge in [0, 0.05) is 13.2 Å². The zero-order chi connectivity index (χ0) is 13.7. The lowest BCUT2D eigenvalue weighted by Crippen LogP contribution is -2.52. The number of carbonyl (C=O) groups excluding carboxylic acids is 1. The lowest BCUT2D eigenvalue weighted by molar-refractivity contribution is -0.125. The number of aliphatic hydroxyl groups excluding tert-OH is 1. The van der Waals surface area contributed by atoms with E-state index in [-0.39, 0.29) is 18.6 Å². The van der Waals surface area contributed by atoms with Crippen molar-refractivity contribution in [1.29, 1.82) is 0 Å². The van der Waals surface area contributed by atoms with Gasteiger partial charge < -0.3 is 15.7 Å². The van der Waals surface area contributed by atoms with Crippen molar-refractivity contribution >= 4 is 5.91 Å². The summed E-state index contributed by atoms with van der Waals surface area (Å²) < 4.78 is 0. The highest BCUT2D eigenvalue weighted by Crippen LogP contribution is 2.29. The summed E-state index contributed by atoms with van der Waals surface area (Å²) >= 11 is 0. The SMILES string of the molecule is CC1CCCNC1C(=O)NCC1CCCCC1CO. The summed E-state index contributed by atoms with van der Waals surface area (Å²) in [5, 5.41) is 15.8. The molecular weight excluding hydrogens is 240 g/mol. The molecule has 0 radical (unpaired) electrons. The van der Waals surface area contributed by atoms with Crippen molar-refractivity contribution in [3.8, 4) is 0 Å². The van der Waals surface area contributed by atoms with Crippen LogP contribution in [-0.4, -0.2) is 36.8 Å². The van der Waals surface area contributed by atoms with Gasteiger partial charge in [-0.2, -0.15) is 0 Å². The van der Waals surface area contributed by atoms with E-state index in [0.29, 0.717) is 17.8 Å². The highest BCUT2D eigenvalue weighted by atomic mass is 16.3. The van der Waals surface area contributed by atoms with E-state index in [4.69, 9.17) is 0 Å². The van der Waals surface area contributed by atoms with E-state index >= 15 is 0 Å². The third-order valence-corrected chi connectivity index (χ3v) is 4.89. The minimum atomic E-state index is -0.0232. The molecule has 1 saturated heterocycles. The smallest absolute Gasteiger partial charge is 0.237 e. The summed E-state index contributed by atoms with van der Waals surface area (Å²) in [6.45, 7) is 4.09. The third-order valence-electron chi connectivity index (χ3n) is 4.89. The molecule has 1 saturated carbocycles. The maximum atomic E-state index is 12.2. The van der Waals surface area contributed by atoms with Gasteiger partial charge in [0.05, 0.1) is 6.04 Å². The van der Waals surface area contributed by atoms with Crippen molar-refractivity contribution in [2.24, 2.45) is 17.8 Å². The van der Waals surface area contributed by atoms with Gasteiger partial charge in [0.25, 0.3) is 0 Å². The number of rotatable bonds is 4. The van der Waals surface area contributed by atoms with Gasteiger partial charge in [-0.3, -0.25) is 4.79 Å². The zero-order valence-electron chi connectivity index (χ0n) is 12.0. The van der Waals surface area contributed by atoms with Gasteiger partial charge in [-0.1, -0.05) is 19.8 Å². The number of aliphatic hydroxyl groups is 1. The molecule has 0 aromatic rings. The fourth-order valence-electron chi connectivity index (χ4n) is 3.54. The van der Waals surface area contributed by atoms with Gasteiger partial charge in [0.15, 0.2) is 0 Å². The van der Waals surface area contributed by atoms with Crippen molar-refractivity contribution in [2.75, 3.05) is 19.7 Å². The Morgan fingerprint density at radius 2 is 1.95 bits per heavy atom. The van der Waals surface area contributed by atoms with Gasteiger partial charge in [-0.15, -0.1) is 0 Å². The molecule has 1 aliphatic heterocycles. The van der Waals surface area contributed by atoms with Crippen LogP contribution in [0.3, 0.4) is 0 Å². The maximum Gasteiger partial charge on any atom is 0.237 e. The normalized spacial score (nSPS) is 35.9. The molecule has 3 N–H and O–H groups in total. The summed E-state index contributed by atoms with van der Waals surface area (Å²) in [6.07, 6.45) is 6.99. The molecule has 1 aliphatic carbocycles. The highest BCUT2D eigenvalue weighted by molar-refractivity contribution is 5.82. The molecular formula is C15H28N2O2. The van der Waals surface area contributed by atoms with E-state index < -0.39 is 0 Å². The van der Waals surface area contributed by atoms with Crippen LogP contribution in [0.1, 0.15) is 45.4 Å². The molecule has 4 unspecified atom stereocenters. The number of hydrogen-bond acceptors (Lipinski definition) is 3. The summed E-state index contributed by atoms with van der Waals surface area (Å²) in [5.74, 6) is 1.41. The summed E-state index contributed by atoms with van der Waals surface area (Å²) in [4.78, 5) is 12.2. The van der Waals surface area contributed by atoms with Crippen LogP contribution in [0.25, 0.3) is 0 Å². The summed E-state index contributed by atoms with van der Waals surface area (Å²) in [7, 11) is 0. The number of piperidine rings is 1. The Morgan fingerprint density at radius 1 is 1.21 bits per heavy atom. The van der Waals surface area contributed by atoms with Gasteiger partial charge in [0.1, 0.15) is 0 Å².